The molecule has 0 amide bonds. The fourth-order valence-corrected chi connectivity index (χ4v) is 4.84. The summed E-state index contributed by atoms with van der Waals surface area (Å²) in [6.07, 6.45) is 4.54. The number of rotatable bonds is 6. The lowest BCUT2D eigenvalue weighted by Crippen LogP contribution is -2.27. The van der Waals surface area contributed by atoms with Crippen LogP contribution in [0.2, 0.25) is 0 Å². The van der Waals surface area contributed by atoms with Gasteiger partial charge in [0, 0.05) is 29.0 Å². The van der Waals surface area contributed by atoms with Gasteiger partial charge in [0.05, 0.1) is 23.8 Å². The maximum atomic E-state index is 13.3. The Kier molecular flexibility index (Phi) is 5.56. The number of benzene rings is 2. The lowest BCUT2D eigenvalue weighted by atomic mass is 9.74. The first-order chi connectivity index (χ1) is 14.9. The Labute approximate surface area is 180 Å². The molecule has 2 aliphatic carbocycles. The molecule has 1 unspecified atom stereocenters. The van der Waals surface area contributed by atoms with Crippen LogP contribution in [0.25, 0.3) is 0 Å². The van der Waals surface area contributed by atoms with Crippen molar-refractivity contribution in [2.45, 2.75) is 51.9 Å². The van der Waals surface area contributed by atoms with Crippen molar-refractivity contribution in [2.75, 3.05) is 7.11 Å². The minimum absolute atomic E-state index is 0.0944. The molecule has 2 aromatic rings. The number of aromatic hydroxyl groups is 2. The van der Waals surface area contributed by atoms with Crippen LogP contribution in [0.15, 0.2) is 18.2 Å². The van der Waals surface area contributed by atoms with Crippen LogP contribution in [0.3, 0.4) is 0 Å². The Hall–Kier alpha value is -3.15. The second-order valence-electron chi connectivity index (χ2n) is 8.31. The molecule has 2 aromatic carbocycles. The quantitative estimate of drug-likeness (QED) is 0.457. The van der Waals surface area contributed by atoms with Gasteiger partial charge < -0.3 is 14.9 Å². The summed E-state index contributed by atoms with van der Waals surface area (Å²) in [5, 5.41) is 22.0. The summed E-state index contributed by atoms with van der Waals surface area (Å²) in [7, 11) is 1.41. The lowest BCUT2D eigenvalue weighted by molar-refractivity contribution is -0.123. The van der Waals surface area contributed by atoms with Crippen LogP contribution in [0.5, 0.6) is 17.2 Å². The molecule has 31 heavy (non-hydrogen) atoms. The number of phenolic OH excluding ortho intramolecular Hbond substituents is 2. The van der Waals surface area contributed by atoms with Gasteiger partial charge >= 0.3 is 0 Å². The monoisotopic (exact) mass is 422 g/mol. The predicted octanol–water partition coefficient (Wildman–Crippen LogP) is 4.14. The van der Waals surface area contributed by atoms with E-state index in [9.17, 15) is 24.6 Å². The Bertz CT molecular complexity index is 1100. The third-order valence-corrected chi connectivity index (χ3v) is 6.51. The third-order valence-electron chi connectivity index (χ3n) is 6.51. The van der Waals surface area contributed by atoms with E-state index in [1.54, 1.807) is 12.1 Å². The first-order valence-electron chi connectivity index (χ1n) is 10.8. The van der Waals surface area contributed by atoms with Gasteiger partial charge in [-0.25, -0.2) is 0 Å². The van der Waals surface area contributed by atoms with Crippen molar-refractivity contribution < 1.29 is 29.3 Å². The molecule has 6 nitrogen and oxygen atoms in total. The summed E-state index contributed by atoms with van der Waals surface area (Å²) < 4.78 is 5.26. The van der Waals surface area contributed by atoms with E-state index in [4.69, 9.17) is 4.74 Å². The molecule has 0 bridgehead atoms. The highest BCUT2D eigenvalue weighted by molar-refractivity contribution is 6.31. The van der Waals surface area contributed by atoms with E-state index < -0.39 is 11.6 Å². The molecular formula is C25H26O6. The number of unbranched alkanes of at least 4 members (excludes halogenated alkanes) is 2. The fourth-order valence-electron chi connectivity index (χ4n) is 4.84. The zero-order valence-electron chi connectivity index (χ0n) is 17.8. The Morgan fingerprint density at radius 2 is 1.74 bits per heavy atom. The minimum Gasteiger partial charge on any atom is -0.507 e. The molecular weight excluding hydrogens is 396 g/mol. The number of Topliss-reactive ketones (excluding diaryl/α,β-unsaturated/α-hetero) is 1. The average molecular weight is 422 g/mol. The lowest BCUT2D eigenvalue weighted by Gasteiger charge is -2.29. The summed E-state index contributed by atoms with van der Waals surface area (Å²) in [4.78, 5) is 39.1. The number of ether oxygens (including phenoxy) is 1. The van der Waals surface area contributed by atoms with Crippen LogP contribution in [-0.2, 0) is 17.6 Å². The van der Waals surface area contributed by atoms with Gasteiger partial charge in [0.1, 0.15) is 23.0 Å². The van der Waals surface area contributed by atoms with E-state index in [1.165, 1.54) is 13.2 Å². The second-order valence-corrected chi connectivity index (χ2v) is 8.31. The van der Waals surface area contributed by atoms with Gasteiger partial charge in [0.15, 0.2) is 5.78 Å². The number of methoxy groups -OCH3 is 1. The second kappa shape index (κ2) is 8.17. The zero-order valence-corrected chi connectivity index (χ0v) is 17.8. The smallest absolute Gasteiger partial charge is 0.202 e. The number of phenols is 2. The molecule has 0 fully saturated rings. The van der Waals surface area contributed by atoms with E-state index in [1.807, 2.05) is 0 Å². The van der Waals surface area contributed by atoms with E-state index in [2.05, 4.69) is 6.92 Å². The molecule has 0 saturated heterocycles. The van der Waals surface area contributed by atoms with Crippen LogP contribution < -0.4 is 4.74 Å². The number of hydrogen-bond acceptors (Lipinski definition) is 6. The van der Waals surface area contributed by atoms with Gasteiger partial charge in [-0.15, -0.1) is 0 Å². The largest absolute Gasteiger partial charge is 0.507 e. The van der Waals surface area contributed by atoms with Gasteiger partial charge in [0.25, 0.3) is 0 Å². The highest BCUT2D eigenvalue weighted by Gasteiger charge is 2.40. The van der Waals surface area contributed by atoms with Crippen molar-refractivity contribution in [3.05, 3.63) is 51.6 Å². The number of ketones is 3. The van der Waals surface area contributed by atoms with Crippen molar-refractivity contribution in [2.24, 2.45) is 5.92 Å². The first-order valence-corrected chi connectivity index (χ1v) is 10.8. The Balaban J connectivity index is 1.78. The molecule has 0 heterocycles. The summed E-state index contributed by atoms with van der Waals surface area (Å²) in [6.45, 7) is 2.08. The van der Waals surface area contributed by atoms with E-state index >= 15 is 0 Å². The van der Waals surface area contributed by atoms with Gasteiger partial charge in [-0.3, -0.25) is 14.4 Å². The maximum absolute atomic E-state index is 13.3. The van der Waals surface area contributed by atoms with Crippen molar-refractivity contribution in [1.29, 1.82) is 0 Å². The van der Waals surface area contributed by atoms with Crippen LogP contribution in [0, 0.1) is 5.92 Å². The molecule has 2 N–H and O–H groups in total. The van der Waals surface area contributed by atoms with Crippen LogP contribution >= 0.6 is 0 Å². The van der Waals surface area contributed by atoms with Crippen LogP contribution in [0.1, 0.15) is 82.0 Å². The standard InChI is InChI=1S/C25H26O6/c1-3-4-5-8-17(26)13-10-11-14-16(12-13)24(29)20-21(22(14)27)25(30)19-15(23(20)28)7-6-9-18(19)31-2/h6-7,9,13,27,29H,3-5,8,10-12H2,1-2H3. The highest BCUT2D eigenvalue weighted by Crippen LogP contribution is 2.47. The highest BCUT2D eigenvalue weighted by atomic mass is 16.5. The molecule has 0 radical (unpaired) electrons. The van der Waals surface area contributed by atoms with Crippen LogP contribution in [0.4, 0.5) is 0 Å². The fraction of sp³-hybridized carbons (Fsp3) is 0.400. The Morgan fingerprint density at radius 3 is 2.45 bits per heavy atom. The zero-order chi connectivity index (χ0) is 22.3. The first kappa shape index (κ1) is 21.1. The molecule has 4 rings (SSSR count). The van der Waals surface area contributed by atoms with Crippen molar-refractivity contribution in [3.63, 3.8) is 0 Å². The predicted molar refractivity (Wildman–Crippen MR) is 114 cm³/mol. The minimum atomic E-state index is -0.546. The molecule has 6 heteroatoms. The SMILES string of the molecule is CCCCCC(=O)C1CCc2c(O)c3c(c(O)c2C1)C(=O)c1cccc(OC)c1C3=O. The van der Waals surface area contributed by atoms with E-state index in [0.29, 0.717) is 30.4 Å². The number of carbonyl (C=O) groups is 3. The molecule has 0 saturated carbocycles. The maximum Gasteiger partial charge on any atom is 0.202 e. The summed E-state index contributed by atoms with van der Waals surface area (Å²) >= 11 is 0. The number of carbonyl (C=O) groups excluding carboxylic acids is 3. The third kappa shape index (κ3) is 3.30. The normalized spacial score (nSPS) is 17.0. The summed E-state index contributed by atoms with van der Waals surface area (Å²) in [6, 6.07) is 4.70. The van der Waals surface area contributed by atoms with E-state index in [-0.39, 0.29) is 57.6 Å². The van der Waals surface area contributed by atoms with Gasteiger partial charge in [-0.2, -0.15) is 0 Å². The van der Waals surface area contributed by atoms with Crippen molar-refractivity contribution in [1.82, 2.24) is 0 Å². The van der Waals surface area contributed by atoms with Crippen LogP contribution in [-0.4, -0.2) is 34.7 Å². The van der Waals surface area contributed by atoms with Crippen molar-refractivity contribution >= 4 is 17.3 Å². The summed E-state index contributed by atoms with van der Waals surface area (Å²) in [5.41, 5.74) is 0.732. The molecule has 1 atom stereocenters. The molecule has 162 valence electrons. The van der Waals surface area contributed by atoms with Gasteiger partial charge in [0.2, 0.25) is 5.78 Å². The average Bonchev–Trinajstić information content (AvgIpc) is 2.78. The Morgan fingerprint density at radius 1 is 1.03 bits per heavy atom. The van der Waals surface area contributed by atoms with Gasteiger partial charge in [-0.1, -0.05) is 31.9 Å². The molecule has 2 aliphatic rings. The molecule has 0 spiro atoms. The summed E-state index contributed by atoms with van der Waals surface area (Å²) in [5.74, 6) is -1.50. The molecule has 0 aromatic heterocycles. The van der Waals surface area contributed by atoms with Gasteiger partial charge in [-0.05, 0) is 31.7 Å². The topological polar surface area (TPSA) is 101 Å². The van der Waals surface area contributed by atoms with E-state index in [0.717, 1.165) is 19.3 Å². The number of fused-ring (bicyclic) bond motifs is 3. The van der Waals surface area contributed by atoms with Crippen molar-refractivity contribution in [3.8, 4) is 17.2 Å². The number of hydrogen-bond donors (Lipinski definition) is 2. The molecule has 0 aliphatic heterocycles.